The highest BCUT2D eigenvalue weighted by Crippen LogP contribution is 2.29. The van der Waals surface area contributed by atoms with Crippen LogP contribution in [0.4, 0.5) is 11.4 Å². The Kier molecular flexibility index (Phi) is 4.80. The SMILES string of the molecule is CCC(C)C(N)=Nc1ccccc1N1CCOCC1. The van der Waals surface area contributed by atoms with E-state index < -0.39 is 0 Å². The van der Waals surface area contributed by atoms with Crippen LogP contribution < -0.4 is 10.6 Å². The second-order valence-electron chi connectivity index (χ2n) is 4.93. The number of hydrogen-bond acceptors (Lipinski definition) is 3. The van der Waals surface area contributed by atoms with E-state index in [0.717, 1.165) is 44.1 Å². The van der Waals surface area contributed by atoms with Crippen LogP contribution in [0.25, 0.3) is 0 Å². The number of hydrogen-bond donors (Lipinski definition) is 1. The van der Waals surface area contributed by atoms with Gasteiger partial charge in [0.2, 0.25) is 0 Å². The number of morpholine rings is 1. The largest absolute Gasteiger partial charge is 0.387 e. The summed E-state index contributed by atoms with van der Waals surface area (Å²) in [6.07, 6.45) is 1.01. The molecule has 4 heteroatoms. The van der Waals surface area contributed by atoms with Crippen LogP contribution in [-0.4, -0.2) is 32.1 Å². The predicted molar refractivity (Wildman–Crippen MR) is 80.2 cm³/mol. The van der Waals surface area contributed by atoms with Crippen molar-refractivity contribution in [1.82, 2.24) is 0 Å². The van der Waals surface area contributed by atoms with Crippen molar-refractivity contribution in [2.75, 3.05) is 31.2 Å². The van der Waals surface area contributed by atoms with Crippen LogP contribution in [0.5, 0.6) is 0 Å². The van der Waals surface area contributed by atoms with Crippen molar-refractivity contribution < 1.29 is 4.74 Å². The van der Waals surface area contributed by atoms with E-state index in [1.807, 2.05) is 18.2 Å². The van der Waals surface area contributed by atoms with Gasteiger partial charge >= 0.3 is 0 Å². The number of nitrogens with zero attached hydrogens (tertiary/aromatic N) is 2. The van der Waals surface area contributed by atoms with E-state index >= 15 is 0 Å². The van der Waals surface area contributed by atoms with Gasteiger partial charge in [-0.05, 0) is 18.6 Å². The zero-order chi connectivity index (χ0) is 13.7. The molecule has 0 bridgehead atoms. The molecule has 1 aromatic carbocycles. The Morgan fingerprint density at radius 3 is 2.74 bits per heavy atom. The van der Waals surface area contributed by atoms with Crippen molar-refractivity contribution in [3.63, 3.8) is 0 Å². The monoisotopic (exact) mass is 261 g/mol. The second-order valence-corrected chi connectivity index (χ2v) is 4.93. The first-order valence-corrected chi connectivity index (χ1v) is 6.98. The lowest BCUT2D eigenvalue weighted by Crippen LogP contribution is -2.36. The van der Waals surface area contributed by atoms with Crippen LogP contribution in [0.2, 0.25) is 0 Å². The third-order valence-electron chi connectivity index (χ3n) is 3.60. The number of amidine groups is 1. The van der Waals surface area contributed by atoms with Crippen molar-refractivity contribution in [3.05, 3.63) is 24.3 Å². The fourth-order valence-electron chi connectivity index (χ4n) is 2.09. The maximum absolute atomic E-state index is 6.06. The van der Waals surface area contributed by atoms with Gasteiger partial charge in [0, 0.05) is 19.0 Å². The Bertz CT molecular complexity index is 439. The first kappa shape index (κ1) is 13.9. The first-order chi connectivity index (χ1) is 9.22. The molecule has 1 aliphatic heterocycles. The van der Waals surface area contributed by atoms with Gasteiger partial charge in [-0.3, -0.25) is 0 Å². The van der Waals surface area contributed by atoms with Gasteiger partial charge in [-0.25, -0.2) is 4.99 Å². The molecule has 4 nitrogen and oxygen atoms in total. The maximum Gasteiger partial charge on any atom is 0.103 e. The smallest absolute Gasteiger partial charge is 0.103 e. The average Bonchev–Trinajstić information content (AvgIpc) is 2.47. The van der Waals surface area contributed by atoms with Gasteiger partial charge < -0.3 is 15.4 Å². The molecule has 104 valence electrons. The van der Waals surface area contributed by atoms with Crippen LogP contribution >= 0.6 is 0 Å². The van der Waals surface area contributed by atoms with Crippen LogP contribution in [0, 0.1) is 5.92 Å². The van der Waals surface area contributed by atoms with Gasteiger partial charge in [-0.1, -0.05) is 26.0 Å². The third-order valence-corrected chi connectivity index (χ3v) is 3.60. The van der Waals surface area contributed by atoms with Gasteiger partial charge in [0.1, 0.15) is 5.84 Å². The highest BCUT2D eigenvalue weighted by atomic mass is 16.5. The molecule has 1 aliphatic rings. The van der Waals surface area contributed by atoms with E-state index in [-0.39, 0.29) is 0 Å². The summed E-state index contributed by atoms with van der Waals surface area (Å²) in [7, 11) is 0. The lowest BCUT2D eigenvalue weighted by molar-refractivity contribution is 0.123. The summed E-state index contributed by atoms with van der Waals surface area (Å²) in [6, 6.07) is 8.18. The summed E-state index contributed by atoms with van der Waals surface area (Å²) >= 11 is 0. The molecule has 1 unspecified atom stereocenters. The zero-order valence-electron chi connectivity index (χ0n) is 11.8. The Hall–Kier alpha value is -1.55. The normalized spacial score (nSPS) is 18.4. The van der Waals surface area contributed by atoms with Gasteiger partial charge in [-0.2, -0.15) is 0 Å². The minimum atomic E-state index is 0.317. The zero-order valence-corrected chi connectivity index (χ0v) is 11.8. The molecule has 1 saturated heterocycles. The number of aliphatic imine (C=N–C) groups is 1. The van der Waals surface area contributed by atoms with Crippen LogP contribution in [0.3, 0.4) is 0 Å². The molecule has 1 aromatic rings. The van der Waals surface area contributed by atoms with Crippen LogP contribution in [0.1, 0.15) is 20.3 Å². The number of rotatable bonds is 4. The van der Waals surface area contributed by atoms with Crippen molar-refractivity contribution in [2.24, 2.45) is 16.6 Å². The quantitative estimate of drug-likeness (QED) is 0.669. The number of nitrogens with two attached hydrogens (primary N) is 1. The molecule has 0 amide bonds. The van der Waals surface area contributed by atoms with Gasteiger partial charge in [0.15, 0.2) is 0 Å². The fraction of sp³-hybridized carbons (Fsp3) is 0.533. The van der Waals surface area contributed by atoms with E-state index in [0.29, 0.717) is 11.8 Å². The Morgan fingerprint density at radius 1 is 1.37 bits per heavy atom. The molecule has 1 atom stereocenters. The number of ether oxygens (including phenoxy) is 1. The standard InChI is InChI=1S/C15H23N3O/c1-3-12(2)15(16)17-13-6-4-5-7-14(13)18-8-10-19-11-9-18/h4-7,12H,3,8-11H2,1-2H3,(H2,16,17). The molecule has 2 rings (SSSR count). The number of para-hydroxylation sites is 2. The van der Waals surface area contributed by atoms with Gasteiger partial charge in [-0.15, -0.1) is 0 Å². The first-order valence-electron chi connectivity index (χ1n) is 6.98. The van der Waals surface area contributed by atoms with Gasteiger partial charge in [0.05, 0.1) is 24.6 Å². The molecule has 0 radical (unpaired) electrons. The summed E-state index contributed by atoms with van der Waals surface area (Å²) in [4.78, 5) is 6.93. The second kappa shape index (κ2) is 6.57. The Morgan fingerprint density at radius 2 is 2.05 bits per heavy atom. The molecule has 2 N–H and O–H groups in total. The summed E-state index contributed by atoms with van der Waals surface area (Å²) in [5.41, 5.74) is 8.18. The maximum atomic E-state index is 6.06. The average molecular weight is 261 g/mol. The molecule has 19 heavy (non-hydrogen) atoms. The Balaban J connectivity index is 2.25. The minimum Gasteiger partial charge on any atom is -0.387 e. The topological polar surface area (TPSA) is 50.8 Å². The summed E-state index contributed by atoms with van der Waals surface area (Å²) in [6.45, 7) is 7.61. The van der Waals surface area contributed by atoms with E-state index in [9.17, 15) is 0 Å². The molecule has 0 aromatic heterocycles. The molecule has 0 spiro atoms. The van der Waals surface area contributed by atoms with Crippen molar-refractivity contribution >= 4 is 17.2 Å². The Labute approximate surface area is 115 Å². The fourth-order valence-corrected chi connectivity index (χ4v) is 2.09. The molecule has 1 heterocycles. The summed E-state index contributed by atoms with van der Waals surface area (Å²) in [5.74, 6) is 1.03. The molecular weight excluding hydrogens is 238 g/mol. The van der Waals surface area contributed by atoms with Gasteiger partial charge in [0.25, 0.3) is 0 Å². The summed E-state index contributed by atoms with van der Waals surface area (Å²) < 4.78 is 5.40. The predicted octanol–water partition coefficient (Wildman–Crippen LogP) is 2.56. The molecule has 0 saturated carbocycles. The molecule has 1 fully saturated rings. The highest BCUT2D eigenvalue weighted by molar-refractivity contribution is 5.87. The van der Waals surface area contributed by atoms with E-state index in [4.69, 9.17) is 10.5 Å². The van der Waals surface area contributed by atoms with Crippen molar-refractivity contribution in [1.29, 1.82) is 0 Å². The highest BCUT2D eigenvalue weighted by Gasteiger charge is 2.14. The lowest BCUT2D eigenvalue weighted by atomic mass is 10.1. The lowest BCUT2D eigenvalue weighted by Gasteiger charge is -2.29. The minimum absolute atomic E-state index is 0.317. The van der Waals surface area contributed by atoms with Crippen LogP contribution in [-0.2, 0) is 4.74 Å². The molecular formula is C15H23N3O. The third kappa shape index (κ3) is 3.47. The van der Waals surface area contributed by atoms with Crippen molar-refractivity contribution in [3.8, 4) is 0 Å². The van der Waals surface area contributed by atoms with Crippen molar-refractivity contribution in [2.45, 2.75) is 20.3 Å². The molecule has 0 aliphatic carbocycles. The number of benzene rings is 1. The van der Waals surface area contributed by atoms with Crippen LogP contribution in [0.15, 0.2) is 29.3 Å². The van der Waals surface area contributed by atoms with E-state index in [1.54, 1.807) is 0 Å². The number of anilines is 1. The van der Waals surface area contributed by atoms with E-state index in [2.05, 4.69) is 29.8 Å². The van der Waals surface area contributed by atoms with E-state index in [1.165, 1.54) is 0 Å². The summed E-state index contributed by atoms with van der Waals surface area (Å²) in [5, 5.41) is 0.